The summed E-state index contributed by atoms with van der Waals surface area (Å²) in [6.45, 7) is 3.46. The molecule has 0 spiro atoms. The summed E-state index contributed by atoms with van der Waals surface area (Å²) in [6, 6.07) is 16.1. The summed E-state index contributed by atoms with van der Waals surface area (Å²) >= 11 is 0. The summed E-state index contributed by atoms with van der Waals surface area (Å²) in [5.41, 5.74) is 3.25. The Morgan fingerprint density at radius 2 is 1.88 bits per heavy atom. The zero-order valence-electron chi connectivity index (χ0n) is 15.6. The highest BCUT2D eigenvalue weighted by Gasteiger charge is 2.13. The van der Waals surface area contributed by atoms with Crippen molar-refractivity contribution in [1.29, 1.82) is 0 Å². The minimum atomic E-state index is 0.0271. The zero-order valence-corrected chi connectivity index (χ0v) is 15.6. The lowest BCUT2D eigenvalue weighted by atomic mass is 10.2. The quantitative estimate of drug-likeness (QED) is 0.799. The van der Waals surface area contributed by atoms with Crippen LogP contribution in [-0.2, 0) is 11.3 Å². The van der Waals surface area contributed by atoms with Gasteiger partial charge < -0.3 is 19.9 Å². The molecule has 5 nitrogen and oxygen atoms in total. The Hall–Kier alpha value is -2.53. The zero-order chi connectivity index (χ0) is 18.4. The van der Waals surface area contributed by atoms with Crippen molar-refractivity contribution in [3.63, 3.8) is 0 Å². The molecule has 1 aliphatic heterocycles. The van der Waals surface area contributed by atoms with Gasteiger partial charge in [-0.25, -0.2) is 0 Å². The fraction of sp³-hybridized carbons (Fsp3) is 0.381. The maximum atomic E-state index is 12.3. The monoisotopic (exact) mass is 354 g/mol. The van der Waals surface area contributed by atoms with Crippen LogP contribution in [0.2, 0.25) is 0 Å². The highest BCUT2D eigenvalue weighted by Crippen LogP contribution is 2.21. The Morgan fingerprint density at radius 1 is 1.15 bits per heavy atom. The number of quaternary nitrogens is 1. The Kier molecular flexibility index (Phi) is 6.12. The van der Waals surface area contributed by atoms with Gasteiger partial charge in [0.15, 0.2) is 6.54 Å². The predicted molar refractivity (Wildman–Crippen MR) is 105 cm³/mol. The van der Waals surface area contributed by atoms with Gasteiger partial charge in [0.25, 0.3) is 5.91 Å². The first-order valence-electron chi connectivity index (χ1n) is 9.23. The molecule has 0 aromatic heterocycles. The van der Waals surface area contributed by atoms with Gasteiger partial charge in [-0.15, -0.1) is 0 Å². The van der Waals surface area contributed by atoms with Crippen molar-refractivity contribution < 1.29 is 14.4 Å². The number of hydrogen-bond acceptors (Lipinski definition) is 3. The molecule has 2 N–H and O–H groups in total. The third-order valence-electron chi connectivity index (χ3n) is 4.72. The average molecular weight is 354 g/mol. The van der Waals surface area contributed by atoms with Gasteiger partial charge in [0.1, 0.15) is 12.3 Å². The van der Waals surface area contributed by atoms with Gasteiger partial charge in [0.2, 0.25) is 0 Å². The molecule has 2 aromatic rings. The normalized spacial score (nSPS) is 14.9. The fourth-order valence-corrected chi connectivity index (χ4v) is 3.40. The lowest BCUT2D eigenvalue weighted by molar-refractivity contribution is -0.885. The number of nitrogens with one attached hydrogen (secondary N) is 2. The molecule has 1 unspecified atom stereocenters. The van der Waals surface area contributed by atoms with Crippen LogP contribution in [0.25, 0.3) is 0 Å². The number of hydrogen-bond donors (Lipinski definition) is 2. The number of ether oxygens (including phenoxy) is 1. The van der Waals surface area contributed by atoms with Gasteiger partial charge in [-0.2, -0.15) is 0 Å². The first-order chi connectivity index (χ1) is 12.6. The van der Waals surface area contributed by atoms with Crippen molar-refractivity contribution in [3.8, 4) is 5.75 Å². The van der Waals surface area contributed by atoms with E-state index in [1.165, 1.54) is 18.5 Å². The van der Waals surface area contributed by atoms with Crippen molar-refractivity contribution in [2.45, 2.75) is 19.4 Å². The van der Waals surface area contributed by atoms with Crippen molar-refractivity contribution in [2.24, 2.45) is 0 Å². The maximum Gasteiger partial charge on any atom is 0.279 e. The van der Waals surface area contributed by atoms with E-state index in [4.69, 9.17) is 4.74 Å². The van der Waals surface area contributed by atoms with Crippen molar-refractivity contribution in [2.75, 3.05) is 44.0 Å². The van der Waals surface area contributed by atoms with Gasteiger partial charge in [-0.3, -0.25) is 4.79 Å². The van der Waals surface area contributed by atoms with E-state index in [0.29, 0.717) is 6.54 Å². The summed E-state index contributed by atoms with van der Waals surface area (Å²) in [4.78, 5) is 15.8. The molecule has 138 valence electrons. The van der Waals surface area contributed by atoms with Gasteiger partial charge in [0.05, 0.1) is 14.2 Å². The van der Waals surface area contributed by atoms with E-state index in [2.05, 4.69) is 28.4 Å². The molecule has 0 radical (unpaired) electrons. The molecular weight excluding hydrogens is 326 g/mol. The van der Waals surface area contributed by atoms with E-state index >= 15 is 0 Å². The lowest BCUT2D eigenvalue weighted by Gasteiger charge is -2.18. The fourth-order valence-electron chi connectivity index (χ4n) is 3.40. The topological polar surface area (TPSA) is 46.0 Å². The van der Waals surface area contributed by atoms with Gasteiger partial charge >= 0.3 is 0 Å². The summed E-state index contributed by atoms with van der Waals surface area (Å²) in [5, 5.41) is 3.00. The maximum absolute atomic E-state index is 12.3. The van der Waals surface area contributed by atoms with Crippen LogP contribution in [0.4, 0.5) is 11.4 Å². The SMILES string of the molecule is COc1cccc(C[NH+](C)CC(=O)Nc2ccc(N3CCCC3)cc2)c1. The molecule has 0 aliphatic carbocycles. The average Bonchev–Trinajstić information content (AvgIpc) is 3.17. The molecule has 0 bridgehead atoms. The van der Waals surface area contributed by atoms with E-state index in [-0.39, 0.29) is 5.91 Å². The lowest BCUT2D eigenvalue weighted by Crippen LogP contribution is -3.08. The minimum Gasteiger partial charge on any atom is -0.497 e. The number of carbonyl (C=O) groups is 1. The van der Waals surface area contributed by atoms with Crippen LogP contribution < -0.4 is 19.9 Å². The molecule has 1 fully saturated rings. The molecule has 5 heteroatoms. The van der Waals surface area contributed by atoms with Gasteiger partial charge in [-0.1, -0.05) is 12.1 Å². The van der Waals surface area contributed by atoms with Gasteiger partial charge in [-0.05, 0) is 49.2 Å². The Morgan fingerprint density at radius 3 is 2.58 bits per heavy atom. The molecule has 0 saturated carbocycles. The predicted octanol–water partition coefficient (Wildman–Crippen LogP) is 1.95. The van der Waals surface area contributed by atoms with E-state index in [0.717, 1.165) is 41.5 Å². The second-order valence-electron chi connectivity index (χ2n) is 6.95. The molecule has 1 aliphatic rings. The van der Waals surface area contributed by atoms with Crippen LogP contribution in [-0.4, -0.2) is 39.7 Å². The van der Waals surface area contributed by atoms with Crippen molar-refractivity contribution in [1.82, 2.24) is 0 Å². The van der Waals surface area contributed by atoms with Crippen LogP contribution in [0, 0.1) is 0 Å². The minimum absolute atomic E-state index is 0.0271. The summed E-state index contributed by atoms with van der Waals surface area (Å²) in [5.74, 6) is 0.872. The number of benzene rings is 2. The van der Waals surface area contributed by atoms with Crippen LogP contribution >= 0.6 is 0 Å². The Labute approximate surface area is 155 Å². The molecule has 26 heavy (non-hydrogen) atoms. The highest BCUT2D eigenvalue weighted by atomic mass is 16.5. The number of nitrogens with zero attached hydrogens (tertiary/aromatic N) is 1. The third kappa shape index (κ3) is 4.99. The number of anilines is 2. The molecule has 2 aromatic carbocycles. The van der Waals surface area contributed by atoms with E-state index in [9.17, 15) is 4.79 Å². The smallest absolute Gasteiger partial charge is 0.279 e. The number of amides is 1. The first-order valence-corrected chi connectivity index (χ1v) is 9.23. The largest absolute Gasteiger partial charge is 0.497 e. The standard InChI is InChI=1S/C21H27N3O2/c1-23(15-17-6-5-7-20(14-17)26-2)16-21(25)22-18-8-10-19(11-9-18)24-12-3-4-13-24/h5-11,14H,3-4,12-13,15-16H2,1-2H3,(H,22,25)/p+1. The molecule has 1 atom stereocenters. The van der Waals surface area contributed by atoms with E-state index in [1.54, 1.807) is 7.11 Å². The van der Waals surface area contributed by atoms with E-state index < -0.39 is 0 Å². The van der Waals surface area contributed by atoms with Crippen LogP contribution in [0.1, 0.15) is 18.4 Å². The Balaban J connectivity index is 1.49. The number of methoxy groups -OCH3 is 1. The van der Waals surface area contributed by atoms with Crippen LogP contribution in [0.3, 0.4) is 0 Å². The first kappa shape index (κ1) is 18.3. The number of carbonyl (C=O) groups excluding carboxylic acids is 1. The summed E-state index contributed by atoms with van der Waals surface area (Å²) < 4.78 is 5.25. The summed E-state index contributed by atoms with van der Waals surface area (Å²) in [7, 11) is 3.69. The van der Waals surface area contributed by atoms with Crippen molar-refractivity contribution in [3.05, 3.63) is 54.1 Å². The van der Waals surface area contributed by atoms with Crippen molar-refractivity contribution >= 4 is 17.3 Å². The molecule has 1 heterocycles. The molecule has 3 rings (SSSR count). The second-order valence-corrected chi connectivity index (χ2v) is 6.95. The van der Waals surface area contributed by atoms with Gasteiger partial charge in [0, 0.05) is 30.0 Å². The highest BCUT2D eigenvalue weighted by molar-refractivity contribution is 5.91. The molecule has 1 saturated heterocycles. The number of likely N-dealkylation sites (N-methyl/N-ethyl adjacent to an activating group) is 1. The molecular formula is C21H28N3O2+. The van der Waals surface area contributed by atoms with Crippen LogP contribution in [0.15, 0.2) is 48.5 Å². The van der Waals surface area contributed by atoms with Crippen LogP contribution in [0.5, 0.6) is 5.75 Å². The number of rotatable bonds is 7. The Bertz CT molecular complexity index is 724. The molecule has 1 amide bonds. The third-order valence-corrected chi connectivity index (χ3v) is 4.72. The summed E-state index contributed by atoms with van der Waals surface area (Å²) in [6.07, 6.45) is 2.53. The second kappa shape index (κ2) is 8.72. The van der Waals surface area contributed by atoms with E-state index in [1.807, 2.05) is 37.4 Å².